The fourth-order valence-corrected chi connectivity index (χ4v) is 5.27. The summed E-state index contributed by atoms with van der Waals surface area (Å²) >= 11 is 5.86. The zero-order chi connectivity index (χ0) is 23.4. The molecule has 4 rings (SSSR count). The highest BCUT2D eigenvalue weighted by atomic mass is 35.5. The molecule has 1 saturated heterocycles. The number of ether oxygens (including phenoxy) is 1. The van der Waals surface area contributed by atoms with Crippen LogP contribution in [0.1, 0.15) is 18.7 Å². The van der Waals surface area contributed by atoms with E-state index in [1.165, 1.54) is 28.6 Å². The summed E-state index contributed by atoms with van der Waals surface area (Å²) in [5.41, 5.74) is 0.757. The van der Waals surface area contributed by atoms with Gasteiger partial charge in [-0.3, -0.25) is 4.79 Å². The smallest absolute Gasteiger partial charge is 0.246 e. The molecule has 0 bridgehead atoms. The fraction of sp³-hybridized carbons (Fsp3) is 0.318. The first-order valence-electron chi connectivity index (χ1n) is 10.4. The molecule has 1 aliphatic heterocycles. The molecule has 174 valence electrons. The number of methoxy groups -OCH3 is 1. The number of sulfonamides is 1. The second kappa shape index (κ2) is 9.90. The van der Waals surface area contributed by atoms with Crippen molar-refractivity contribution in [3.63, 3.8) is 0 Å². The lowest BCUT2D eigenvalue weighted by Crippen LogP contribution is -2.45. The van der Waals surface area contributed by atoms with E-state index in [2.05, 4.69) is 15.5 Å². The molecular formula is C22H23ClN4O5S. The van der Waals surface area contributed by atoms with E-state index in [9.17, 15) is 13.2 Å². The first-order chi connectivity index (χ1) is 15.9. The van der Waals surface area contributed by atoms with E-state index in [0.717, 1.165) is 5.56 Å². The van der Waals surface area contributed by atoms with Crippen LogP contribution in [0, 0.1) is 5.92 Å². The van der Waals surface area contributed by atoms with Gasteiger partial charge in [-0.25, -0.2) is 8.42 Å². The Balaban J connectivity index is 1.36. The maximum Gasteiger partial charge on any atom is 0.246 e. The molecule has 0 aliphatic carbocycles. The van der Waals surface area contributed by atoms with Gasteiger partial charge in [0.2, 0.25) is 27.6 Å². The standard InChI is InChI=1S/C22H23ClN4O5S/c1-31-18-8-4-15(5-9-18)21-25-20(32-26-21)13-24-22(28)16-3-2-12-27(14-16)33(29,30)19-10-6-17(23)7-11-19/h4-11,16H,2-3,12-14H2,1H3,(H,24,28)/t16-/m0/s1. The van der Waals surface area contributed by atoms with Gasteiger partial charge in [0, 0.05) is 23.7 Å². The lowest BCUT2D eigenvalue weighted by Gasteiger charge is -2.31. The first kappa shape index (κ1) is 23.2. The van der Waals surface area contributed by atoms with Crippen molar-refractivity contribution in [3.05, 3.63) is 59.4 Å². The minimum atomic E-state index is -3.70. The van der Waals surface area contributed by atoms with Gasteiger partial charge in [0.1, 0.15) is 5.75 Å². The molecular weight excluding hydrogens is 468 g/mol. The molecule has 2 aromatic carbocycles. The third kappa shape index (κ3) is 5.35. The number of aromatic nitrogens is 2. The molecule has 11 heteroatoms. The van der Waals surface area contributed by atoms with Crippen LogP contribution >= 0.6 is 11.6 Å². The molecule has 2 heterocycles. The second-order valence-electron chi connectivity index (χ2n) is 7.61. The maximum atomic E-state index is 12.9. The number of nitrogens with zero attached hydrogens (tertiary/aromatic N) is 3. The quantitative estimate of drug-likeness (QED) is 0.541. The largest absolute Gasteiger partial charge is 0.497 e. The minimum absolute atomic E-state index is 0.0580. The number of carbonyl (C=O) groups excluding carboxylic acids is 1. The normalized spacial score (nSPS) is 17.0. The average Bonchev–Trinajstić information content (AvgIpc) is 3.32. The summed E-state index contributed by atoms with van der Waals surface area (Å²) in [4.78, 5) is 17.2. The lowest BCUT2D eigenvalue weighted by atomic mass is 9.99. The van der Waals surface area contributed by atoms with Crippen molar-refractivity contribution in [1.29, 1.82) is 0 Å². The van der Waals surface area contributed by atoms with Gasteiger partial charge in [-0.2, -0.15) is 9.29 Å². The van der Waals surface area contributed by atoms with Gasteiger partial charge in [0.05, 0.1) is 24.5 Å². The van der Waals surface area contributed by atoms with E-state index >= 15 is 0 Å². The van der Waals surface area contributed by atoms with Crippen LogP contribution < -0.4 is 10.1 Å². The SMILES string of the molecule is COc1ccc(-c2noc(CNC(=O)[C@H]3CCCN(S(=O)(=O)c4ccc(Cl)cc4)C3)n2)cc1. The fourth-order valence-electron chi connectivity index (χ4n) is 3.62. The van der Waals surface area contributed by atoms with Crippen molar-refractivity contribution in [1.82, 2.24) is 19.8 Å². The van der Waals surface area contributed by atoms with E-state index in [4.69, 9.17) is 20.9 Å². The Hall–Kier alpha value is -2.95. The van der Waals surface area contributed by atoms with Crippen LogP contribution in [0.2, 0.25) is 5.02 Å². The molecule has 1 fully saturated rings. The number of hydrogen-bond acceptors (Lipinski definition) is 7. The van der Waals surface area contributed by atoms with E-state index in [1.807, 2.05) is 12.1 Å². The summed E-state index contributed by atoms with van der Waals surface area (Å²) in [7, 11) is -2.11. The van der Waals surface area contributed by atoms with Crippen molar-refractivity contribution in [2.75, 3.05) is 20.2 Å². The van der Waals surface area contributed by atoms with Gasteiger partial charge < -0.3 is 14.6 Å². The average molecular weight is 491 g/mol. The zero-order valence-electron chi connectivity index (χ0n) is 17.9. The van der Waals surface area contributed by atoms with Crippen molar-refractivity contribution in [3.8, 4) is 17.1 Å². The van der Waals surface area contributed by atoms with Crippen molar-refractivity contribution in [2.45, 2.75) is 24.3 Å². The molecule has 0 saturated carbocycles. The van der Waals surface area contributed by atoms with E-state index in [0.29, 0.717) is 36.0 Å². The van der Waals surface area contributed by atoms with E-state index in [-0.39, 0.29) is 29.8 Å². The molecule has 1 atom stereocenters. The number of rotatable bonds is 7. The molecule has 0 unspecified atom stereocenters. The van der Waals surface area contributed by atoms with Crippen LogP contribution in [0.5, 0.6) is 5.75 Å². The summed E-state index contributed by atoms with van der Waals surface area (Å²) in [6, 6.07) is 13.2. The number of carbonyl (C=O) groups is 1. The highest BCUT2D eigenvalue weighted by Gasteiger charge is 2.33. The van der Waals surface area contributed by atoms with Crippen molar-refractivity contribution in [2.24, 2.45) is 5.92 Å². The van der Waals surface area contributed by atoms with Gasteiger partial charge in [0.15, 0.2) is 0 Å². The lowest BCUT2D eigenvalue weighted by molar-refractivity contribution is -0.126. The molecule has 3 aromatic rings. The summed E-state index contributed by atoms with van der Waals surface area (Å²) in [6.07, 6.45) is 1.19. The summed E-state index contributed by atoms with van der Waals surface area (Å²) in [5, 5.41) is 7.18. The Morgan fingerprint density at radius 1 is 1.21 bits per heavy atom. The number of amides is 1. The second-order valence-corrected chi connectivity index (χ2v) is 9.99. The number of piperidine rings is 1. The molecule has 0 spiro atoms. The third-order valence-electron chi connectivity index (χ3n) is 5.44. The third-order valence-corrected chi connectivity index (χ3v) is 7.57. The molecule has 1 aromatic heterocycles. The molecule has 0 radical (unpaired) electrons. The highest BCUT2D eigenvalue weighted by molar-refractivity contribution is 7.89. The summed E-state index contributed by atoms with van der Waals surface area (Å²) in [6.45, 7) is 0.532. The number of benzene rings is 2. The highest BCUT2D eigenvalue weighted by Crippen LogP contribution is 2.25. The maximum absolute atomic E-state index is 12.9. The number of halogens is 1. The predicted molar refractivity (Wildman–Crippen MR) is 121 cm³/mol. The Bertz CT molecular complexity index is 1210. The summed E-state index contributed by atoms with van der Waals surface area (Å²) in [5.74, 6) is 0.657. The molecule has 1 aliphatic rings. The van der Waals surface area contributed by atoms with E-state index < -0.39 is 15.9 Å². The van der Waals surface area contributed by atoms with Crippen LogP contribution in [0.4, 0.5) is 0 Å². The minimum Gasteiger partial charge on any atom is -0.497 e. The monoisotopic (exact) mass is 490 g/mol. The first-order valence-corrected chi connectivity index (χ1v) is 12.2. The van der Waals surface area contributed by atoms with Gasteiger partial charge in [-0.05, 0) is 61.4 Å². The number of nitrogens with one attached hydrogen (secondary N) is 1. The number of hydrogen-bond donors (Lipinski definition) is 1. The molecule has 33 heavy (non-hydrogen) atoms. The molecule has 1 N–H and O–H groups in total. The van der Waals surface area contributed by atoms with Crippen molar-refractivity contribution < 1.29 is 22.5 Å². The molecule has 1 amide bonds. The zero-order valence-corrected chi connectivity index (χ0v) is 19.5. The Kier molecular flexibility index (Phi) is 6.96. The van der Waals surface area contributed by atoms with Gasteiger partial charge in [-0.1, -0.05) is 16.8 Å². The predicted octanol–water partition coefficient (Wildman–Crippen LogP) is 3.12. The van der Waals surface area contributed by atoms with Crippen LogP contribution in [-0.4, -0.2) is 49.0 Å². The van der Waals surface area contributed by atoms with Crippen LogP contribution in [0.25, 0.3) is 11.4 Å². The Morgan fingerprint density at radius 2 is 1.94 bits per heavy atom. The molecule has 9 nitrogen and oxygen atoms in total. The Morgan fingerprint density at radius 3 is 2.64 bits per heavy atom. The van der Waals surface area contributed by atoms with Crippen LogP contribution in [0.3, 0.4) is 0 Å². The topological polar surface area (TPSA) is 115 Å². The van der Waals surface area contributed by atoms with Gasteiger partial charge in [0.25, 0.3) is 0 Å². The van der Waals surface area contributed by atoms with Crippen LogP contribution in [-0.2, 0) is 21.4 Å². The van der Waals surface area contributed by atoms with Gasteiger partial charge in [-0.15, -0.1) is 0 Å². The van der Waals surface area contributed by atoms with Crippen LogP contribution in [0.15, 0.2) is 57.9 Å². The van der Waals surface area contributed by atoms with Crippen molar-refractivity contribution >= 4 is 27.5 Å². The summed E-state index contributed by atoms with van der Waals surface area (Å²) < 4.78 is 37.6. The van der Waals surface area contributed by atoms with E-state index in [1.54, 1.807) is 19.2 Å². The van der Waals surface area contributed by atoms with Gasteiger partial charge >= 0.3 is 0 Å². The Labute approximate surface area is 196 Å².